The van der Waals surface area contributed by atoms with Crippen LogP contribution in [0, 0.1) is 0 Å². The molecule has 0 saturated carbocycles. The first-order valence-electron chi connectivity index (χ1n) is 10.1. The fourth-order valence-corrected chi connectivity index (χ4v) is 3.62. The summed E-state index contributed by atoms with van der Waals surface area (Å²) in [4.78, 5) is 26.6. The second-order valence-electron chi connectivity index (χ2n) is 6.98. The van der Waals surface area contributed by atoms with Crippen LogP contribution in [-0.4, -0.2) is 54.6 Å². The Bertz CT molecular complexity index is 672. The van der Waals surface area contributed by atoms with Crippen molar-refractivity contribution >= 4 is 24.2 Å². The van der Waals surface area contributed by atoms with Crippen LogP contribution in [0.3, 0.4) is 0 Å². The smallest absolute Gasteiger partial charge is 0.210 e. The second-order valence-corrected chi connectivity index (χ2v) is 6.98. The standard InChI is InChI=1S/C23H31N3O3/c1-2-9-22(16-24-18-28)25(19-29)17-23(14-15-27)26(20-10-5-3-6-11-20)21-12-7-4-8-13-21/h3-8,10-13,18-19,22-23,27H,2,9,14-17H2,1H3,(H,24,28). The molecule has 0 aliphatic heterocycles. The zero-order chi connectivity index (χ0) is 20.9. The summed E-state index contributed by atoms with van der Waals surface area (Å²) in [5.74, 6) is 0. The molecule has 156 valence electrons. The Kier molecular flexibility index (Phi) is 9.72. The number of hydrogen-bond acceptors (Lipinski definition) is 4. The number of amides is 2. The van der Waals surface area contributed by atoms with Gasteiger partial charge in [0.25, 0.3) is 0 Å². The molecule has 2 aromatic carbocycles. The summed E-state index contributed by atoms with van der Waals surface area (Å²) < 4.78 is 0. The average molecular weight is 398 g/mol. The maximum atomic E-state index is 11.9. The normalized spacial score (nSPS) is 12.6. The lowest BCUT2D eigenvalue weighted by Crippen LogP contribution is -2.48. The van der Waals surface area contributed by atoms with Crippen molar-refractivity contribution < 1.29 is 14.7 Å². The van der Waals surface area contributed by atoms with Gasteiger partial charge in [-0.1, -0.05) is 49.7 Å². The summed E-state index contributed by atoms with van der Waals surface area (Å²) >= 11 is 0. The molecule has 6 nitrogen and oxygen atoms in total. The van der Waals surface area contributed by atoms with Crippen molar-refractivity contribution in [1.29, 1.82) is 0 Å². The molecule has 0 aliphatic rings. The molecular formula is C23H31N3O3. The number of aliphatic hydroxyl groups is 1. The lowest BCUT2D eigenvalue weighted by Gasteiger charge is -2.38. The van der Waals surface area contributed by atoms with E-state index in [9.17, 15) is 14.7 Å². The van der Waals surface area contributed by atoms with Gasteiger partial charge in [0.15, 0.2) is 0 Å². The molecule has 0 aromatic heterocycles. The number of nitrogens with one attached hydrogen (secondary N) is 1. The van der Waals surface area contributed by atoms with E-state index >= 15 is 0 Å². The SMILES string of the molecule is CCCC(CNC=O)N(C=O)CC(CCO)N(c1ccccc1)c1ccccc1. The quantitative estimate of drug-likeness (QED) is 0.481. The number of aliphatic hydroxyl groups excluding tert-OH is 1. The molecule has 0 bridgehead atoms. The second kappa shape index (κ2) is 12.6. The third-order valence-corrected chi connectivity index (χ3v) is 4.98. The third-order valence-electron chi connectivity index (χ3n) is 4.98. The van der Waals surface area contributed by atoms with E-state index in [0.717, 1.165) is 30.6 Å². The summed E-state index contributed by atoms with van der Waals surface area (Å²) in [6.07, 6.45) is 3.72. The van der Waals surface area contributed by atoms with Crippen LogP contribution in [0.4, 0.5) is 11.4 Å². The summed E-state index contributed by atoms with van der Waals surface area (Å²) in [5.41, 5.74) is 2.00. The third kappa shape index (κ3) is 6.61. The lowest BCUT2D eigenvalue weighted by molar-refractivity contribution is -0.121. The summed E-state index contributed by atoms with van der Waals surface area (Å²) in [5, 5.41) is 12.5. The Hall–Kier alpha value is -2.86. The largest absolute Gasteiger partial charge is 0.396 e. The van der Waals surface area contributed by atoms with E-state index < -0.39 is 0 Å². The highest BCUT2D eigenvalue weighted by atomic mass is 16.3. The number of rotatable bonds is 14. The molecule has 2 aromatic rings. The van der Waals surface area contributed by atoms with Crippen LogP contribution in [0.15, 0.2) is 60.7 Å². The van der Waals surface area contributed by atoms with Gasteiger partial charge in [-0.15, -0.1) is 0 Å². The van der Waals surface area contributed by atoms with Crippen LogP contribution in [0.25, 0.3) is 0 Å². The van der Waals surface area contributed by atoms with E-state index in [1.807, 2.05) is 60.7 Å². The van der Waals surface area contributed by atoms with Crippen LogP contribution in [0.2, 0.25) is 0 Å². The topological polar surface area (TPSA) is 72.9 Å². The van der Waals surface area contributed by atoms with Crippen molar-refractivity contribution in [1.82, 2.24) is 10.2 Å². The van der Waals surface area contributed by atoms with Gasteiger partial charge in [0.1, 0.15) is 0 Å². The minimum atomic E-state index is -0.120. The van der Waals surface area contributed by atoms with Crippen LogP contribution in [0.5, 0.6) is 0 Å². The van der Waals surface area contributed by atoms with Gasteiger partial charge in [-0.25, -0.2) is 0 Å². The molecule has 0 aliphatic carbocycles. The van der Waals surface area contributed by atoms with E-state index in [4.69, 9.17) is 0 Å². The Balaban J connectivity index is 2.35. The number of hydrogen-bond donors (Lipinski definition) is 2. The molecule has 0 spiro atoms. The molecule has 2 atom stereocenters. The predicted octanol–water partition coefficient (Wildman–Crippen LogP) is 2.95. The fourth-order valence-electron chi connectivity index (χ4n) is 3.62. The van der Waals surface area contributed by atoms with Crippen LogP contribution < -0.4 is 10.2 Å². The van der Waals surface area contributed by atoms with Crippen LogP contribution in [-0.2, 0) is 9.59 Å². The van der Waals surface area contributed by atoms with Gasteiger partial charge in [0.05, 0.1) is 6.04 Å². The average Bonchev–Trinajstić information content (AvgIpc) is 2.77. The molecule has 29 heavy (non-hydrogen) atoms. The van der Waals surface area contributed by atoms with Gasteiger partial charge >= 0.3 is 0 Å². The van der Waals surface area contributed by atoms with E-state index in [0.29, 0.717) is 25.9 Å². The maximum absolute atomic E-state index is 11.9. The van der Waals surface area contributed by atoms with E-state index in [2.05, 4.69) is 17.1 Å². The van der Waals surface area contributed by atoms with Gasteiger partial charge in [0.2, 0.25) is 12.8 Å². The first-order valence-corrected chi connectivity index (χ1v) is 10.1. The van der Waals surface area contributed by atoms with Gasteiger partial charge in [-0.3, -0.25) is 9.59 Å². The molecule has 0 radical (unpaired) electrons. The van der Waals surface area contributed by atoms with E-state index in [1.165, 1.54) is 0 Å². The zero-order valence-corrected chi connectivity index (χ0v) is 17.0. The highest BCUT2D eigenvalue weighted by Crippen LogP contribution is 2.29. The number of anilines is 2. The maximum Gasteiger partial charge on any atom is 0.210 e. The van der Waals surface area contributed by atoms with Crippen LogP contribution in [0.1, 0.15) is 26.2 Å². The summed E-state index contributed by atoms with van der Waals surface area (Å²) in [7, 11) is 0. The van der Waals surface area contributed by atoms with E-state index in [1.54, 1.807) is 4.90 Å². The van der Waals surface area contributed by atoms with Crippen molar-refractivity contribution in [3.8, 4) is 0 Å². The van der Waals surface area contributed by atoms with Crippen molar-refractivity contribution in [3.05, 3.63) is 60.7 Å². The Morgan fingerprint density at radius 1 is 0.931 bits per heavy atom. The predicted molar refractivity (Wildman–Crippen MR) is 116 cm³/mol. The summed E-state index contributed by atoms with van der Waals surface area (Å²) in [6, 6.07) is 19.8. The first-order chi connectivity index (χ1) is 14.2. The number of nitrogens with zero attached hydrogens (tertiary/aromatic N) is 2. The Morgan fingerprint density at radius 3 is 1.97 bits per heavy atom. The minimum Gasteiger partial charge on any atom is -0.396 e. The number of para-hydroxylation sites is 2. The molecule has 2 rings (SSSR count). The molecule has 0 heterocycles. The number of carbonyl (C=O) groups is 2. The highest BCUT2D eigenvalue weighted by Gasteiger charge is 2.26. The molecule has 2 N–H and O–H groups in total. The fraction of sp³-hybridized carbons (Fsp3) is 0.391. The number of carbonyl (C=O) groups excluding carboxylic acids is 2. The molecule has 0 saturated heterocycles. The monoisotopic (exact) mass is 397 g/mol. The van der Waals surface area contributed by atoms with Gasteiger partial charge in [0, 0.05) is 37.1 Å². The van der Waals surface area contributed by atoms with Crippen molar-refractivity contribution in [2.24, 2.45) is 0 Å². The Labute approximate surface area is 173 Å². The summed E-state index contributed by atoms with van der Waals surface area (Å²) in [6.45, 7) is 2.93. The molecule has 6 heteroatoms. The van der Waals surface area contributed by atoms with Gasteiger partial charge in [-0.05, 0) is 37.1 Å². The molecule has 0 fully saturated rings. The number of benzene rings is 2. The van der Waals surface area contributed by atoms with Crippen molar-refractivity contribution in [3.63, 3.8) is 0 Å². The zero-order valence-electron chi connectivity index (χ0n) is 17.0. The Morgan fingerprint density at radius 2 is 1.52 bits per heavy atom. The van der Waals surface area contributed by atoms with Gasteiger partial charge in [-0.2, -0.15) is 0 Å². The molecular weight excluding hydrogens is 366 g/mol. The molecule has 2 amide bonds. The highest BCUT2D eigenvalue weighted by molar-refractivity contribution is 5.64. The van der Waals surface area contributed by atoms with Crippen LogP contribution >= 0.6 is 0 Å². The van der Waals surface area contributed by atoms with E-state index in [-0.39, 0.29) is 18.7 Å². The van der Waals surface area contributed by atoms with Gasteiger partial charge < -0.3 is 20.2 Å². The minimum absolute atomic E-state index is 0.0125. The first kappa shape index (κ1) is 22.4. The van der Waals surface area contributed by atoms with Crippen molar-refractivity contribution in [2.45, 2.75) is 38.3 Å². The molecule has 2 unspecified atom stereocenters. The van der Waals surface area contributed by atoms with Crippen molar-refractivity contribution in [2.75, 3.05) is 24.6 Å². The lowest BCUT2D eigenvalue weighted by atomic mass is 10.1.